The molecular weight excluding hydrogens is 403 g/mol. The summed E-state index contributed by atoms with van der Waals surface area (Å²) in [4.78, 5) is 3.56. The number of rotatable bonds is 5. The number of aromatic nitrogens is 1. The molecule has 0 aliphatic carbocycles. The molecule has 0 bridgehead atoms. The maximum Gasteiger partial charge on any atom is 0.496 e. The molecule has 1 fully saturated rings. The zero-order chi connectivity index (χ0) is 21.6. The lowest BCUT2D eigenvalue weighted by Crippen LogP contribution is -2.41. The van der Waals surface area contributed by atoms with Crippen molar-refractivity contribution in [1.82, 2.24) is 4.98 Å². The Bertz CT molecular complexity index is 1030. The van der Waals surface area contributed by atoms with E-state index in [9.17, 15) is 17.2 Å². The first-order valence-electron chi connectivity index (χ1n) is 8.92. The van der Waals surface area contributed by atoms with E-state index in [0.717, 1.165) is 12.1 Å². The van der Waals surface area contributed by atoms with E-state index in [4.69, 9.17) is 14.0 Å². The minimum Gasteiger partial charge on any atom is -0.481 e. The first kappa shape index (κ1) is 21.7. The lowest BCUT2D eigenvalue weighted by atomic mass is 9.80. The molecule has 0 atom stereocenters. The molecule has 1 saturated heterocycles. The van der Waals surface area contributed by atoms with Gasteiger partial charge in [-0.3, -0.25) is 0 Å². The summed E-state index contributed by atoms with van der Waals surface area (Å²) in [5.74, 6) is -2.52. The van der Waals surface area contributed by atoms with Crippen LogP contribution in [0.1, 0.15) is 33.3 Å². The summed E-state index contributed by atoms with van der Waals surface area (Å²) in [7, 11) is -3.52. The number of hydrogen-bond donors (Lipinski definition) is 0. The lowest BCUT2D eigenvalue weighted by Gasteiger charge is -2.32. The van der Waals surface area contributed by atoms with Gasteiger partial charge in [0, 0.05) is 23.3 Å². The van der Waals surface area contributed by atoms with E-state index < -0.39 is 50.4 Å². The summed E-state index contributed by atoms with van der Waals surface area (Å²) in [5.41, 5.74) is -0.444. The molecule has 156 valence electrons. The Kier molecular flexibility index (Phi) is 5.48. The van der Waals surface area contributed by atoms with E-state index in [1.807, 2.05) is 27.7 Å². The van der Waals surface area contributed by atoms with Crippen LogP contribution >= 0.6 is 0 Å². The fraction of sp³-hybridized carbons (Fsp3) is 0.421. The van der Waals surface area contributed by atoms with Gasteiger partial charge in [0.15, 0.2) is 9.84 Å². The zero-order valence-corrected chi connectivity index (χ0v) is 17.6. The van der Waals surface area contributed by atoms with Crippen LogP contribution in [0, 0.1) is 11.6 Å². The van der Waals surface area contributed by atoms with Gasteiger partial charge in [-0.05, 0) is 39.8 Å². The Hall–Kier alpha value is -2.04. The molecule has 1 aliphatic heterocycles. The Labute approximate surface area is 169 Å². The number of benzene rings is 1. The van der Waals surface area contributed by atoms with Gasteiger partial charge in [-0.2, -0.15) is 0 Å². The van der Waals surface area contributed by atoms with Crippen molar-refractivity contribution < 1.29 is 31.2 Å². The Balaban J connectivity index is 1.96. The van der Waals surface area contributed by atoms with Gasteiger partial charge < -0.3 is 14.0 Å². The molecule has 0 unspecified atom stereocenters. The molecule has 3 rings (SSSR count). The van der Waals surface area contributed by atoms with E-state index in [2.05, 4.69) is 4.98 Å². The van der Waals surface area contributed by atoms with Crippen molar-refractivity contribution in [2.75, 3.05) is 7.11 Å². The van der Waals surface area contributed by atoms with Gasteiger partial charge in [0.2, 0.25) is 5.88 Å². The summed E-state index contributed by atoms with van der Waals surface area (Å²) in [6.45, 7) is 7.58. The van der Waals surface area contributed by atoms with Crippen molar-refractivity contribution in [1.29, 1.82) is 0 Å². The minimum absolute atomic E-state index is 0.0800. The second kappa shape index (κ2) is 7.34. The lowest BCUT2D eigenvalue weighted by molar-refractivity contribution is 0.00578. The fourth-order valence-corrected chi connectivity index (χ4v) is 4.32. The summed E-state index contributed by atoms with van der Waals surface area (Å²) in [6, 6.07) is 3.88. The molecule has 29 heavy (non-hydrogen) atoms. The third-order valence-electron chi connectivity index (χ3n) is 5.24. The van der Waals surface area contributed by atoms with Crippen LogP contribution in [-0.4, -0.2) is 38.8 Å². The highest BCUT2D eigenvalue weighted by atomic mass is 32.2. The number of ether oxygens (including phenoxy) is 1. The molecule has 2 aromatic rings. The second-order valence-corrected chi connectivity index (χ2v) is 9.82. The summed E-state index contributed by atoms with van der Waals surface area (Å²) >= 11 is 0. The number of sulfone groups is 1. The molecular formula is C19H22BF2NO5S. The summed E-state index contributed by atoms with van der Waals surface area (Å²) in [6.07, 6.45) is 1.48. The van der Waals surface area contributed by atoms with Crippen LogP contribution in [0.5, 0.6) is 5.88 Å². The average Bonchev–Trinajstić information content (AvgIpc) is 2.81. The number of halogens is 2. The molecule has 0 N–H and O–H groups in total. The van der Waals surface area contributed by atoms with Crippen molar-refractivity contribution in [3.63, 3.8) is 0 Å². The third-order valence-corrected chi connectivity index (χ3v) is 6.93. The number of hydrogen-bond acceptors (Lipinski definition) is 6. The van der Waals surface area contributed by atoms with Crippen LogP contribution in [0.4, 0.5) is 8.78 Å². The van der Waals surface area contributed by atoms with Gasteiger partial charge in [0.25, 0.3) is 0 Å². The number of methoxy groups -OCH3 is 1. The standard InChI is InChI=1S/C19H22BF2NO5S/c1-18(2)19(3,4)28-20(27-18)13-8-12(17(26-5)23-10-13)11-29(24,25)16-7-6-14(21)9-15(16)22/h6-10H,11H2,1-5H3. The third kappa shape index (κ3) is 4.15. The molecule has 1 aromatic carbocycles. The highest BCUT2D eigenvalue weighted by molar-refractivity contribution is 7.90. The van der Waals surface area contributed by atoms with Gasteiger partial charge in [0.1, 0.15) is 16.5 Å². The van der Waals surface area contributed by atoms with Crippen LogP contribution < -0.4 is 10.2 Å². The van der Waals surface area contributed by atoms with Crippen LogP contribution in [0.15, 0.2) is 35.4 Å². The molecule has 0 radical (unpaired) electrons. The van der Waals surface area contributed by atoms with Gasteiger partial charge in [-0.1, -0.05) is 6.07 Å². The van der Waals surface area contributed by atoms with Crippen molar-refractivity contribution in [3.05, 3.63) is 47.7 Å². The monoisotopic (exact) mass is 425 g/mol. The maximum absolute atomic E-state index is 14.0. The molecule has 0 amide bonds. The smallest absolute Gasteiger partial charge is 0.481 e. The molecule has 0 spiro atoms. The maximum atomic E-state index is 14.0. The SMILES string of the molecule is COc1ncc(B2OC(C)(C)C(C)(C)O2)cc1CS(=O)(=O)c1ccc(F)cc1F. The van der Waals surface area contributed by atoms with E-state index in [1.54, 1.807) is 6.07 Å². The molecule has 2 heterocycles. The van der Waals surface area contributed by atoms with Crippen LogP contribution in [0.25, 0.3) is 0 Å². The number of pyridine rings is 1. The minimum atomic E-state index is -4.12. The van der Waals surface area contributed by atoms with Crippen molar-refractivity contribution in [3.8, 4) is 5.88 Å². The molecule has 6 nitrogen and oxygen atoms in total. The number of nitrogens with zero attached hydrogens (tertiary/aromatic N) is 1. The van der Waals surface area contributed by atoms with E-state index >= 15 is 0 Å². The van der Waals surface area contributed by atoms with Gasteiger partial charge in [-0.15, -0.1) is 0 Å². The van der Waals surface area contributed by atoms with E-state index in [-0.39, 0.29) is 11.4 Å². The molecule has 1 aliphatic rings. The van der Waals surface area contributed by atoms with Crippen LogP contribution in [0.3, 0.4) is 0 Å². The largest absolute Gasteiger partial charge is 0.496 e. The second-order valence-electron chi connectivity index (χ2n) is 7.86. The Morgan fingerprint density at radius 1 is 1.10 bits per heavy atom. The summed E-state index contributed by atoms with van der Waals surface area (Å²) in [5, 5.41) is 0. The Morgan fingerprint density at radius 3 is 2.28 bits per heavy atom. The highest BCUT2D eigenvalue weighted by Crippen LogP contribution is 2.36. The first-order valence-corrected chi connectivity index (χ1v) is 10.6. The predicted molar refractivity (Wildman–Crippen MR) is 104 cm³/mol. The predicted octanol–water partition coefficient (Wildman–Crippen LogP) is 2.64. The van der Waals surface area contributed by atoms with Crippen molar-refractivity contribution in [2.45, 2.75) is 49.5 Å². The molecule has 1 aromatic heterocycles. The van der Waals surface area contributed by atoms with Crippen molar-refractivity contribution >= 4 is 22.4 Å². The normalized spacial score (nSPS) is 18.1. The summed E-state index contributed by atoms with van der Waals surface area (Å²) < 4.78 is 69.7. The van der Waals surface area contributed by atoms with E-state index in [1.165, 1.54) is 13.3 Å². The fourth-order valence-electron chi connectivity index (χ4n) is 2.92. The van der Waals surface area contributed by atoms with E-state index in [0.29, 0.717) is 11.5 Å². The average molecular weight is 425 g/mol. The molecule has 0 saturated carbocycles. The van der Waals surface area contributed by atoms with Crippen LogP contribution in [0.2, 0.25) is 0 Å². The Morgan fingerprint density at radius 2 is 1.72 bits per heavy atom. The van der Waals surface area contributed by atoms with Gasteiger partial charge >= 0.3 is 7.12 Å². The topological polar surface area (TPSA) is 74.7 Å². The van der Waals surface area contributed by atoms with Crippen molar-refractivity contribution in [2.24, 2.45) is 0 Å². The zero-order valence-electron chi connectivity index (χ0n) is 16.8. The van der Waals surface area contributed by atoms with Crippen LogP contribution in [-0.2, 0) is 24.9 Å². The van der Waals surface area contributed by atoms with Gasteiger partial charge in [-0.25, -0.2) is 22.2 Å². The molecule has 10 heteroatoms. The van der Waals surface area contributed by atoms with Gasteiger partial charge in [0.05, 0.1) is 24.1 Å². The highest BCUT2D eigenvalue weighted by Gasteiger charge is 2.52. The first-order chi connectivity index (χ1) is 13.4. The quantitative estimate of drug-likeness (QED) is 0.542.